The molecule has 18 heteroatoms. The molecule has 0 aliphatic rings. The zero-order valence-corrected chi connectivity index (χ0v) is 49.1. The quantitative estimate of drug-likeness (QED) is 0.0315. The number of anilines is 2. The molecular weight excluding hydrogens is 1110 g/mol. The van der Waals surface area contributed by atoms with E-state index in [1.54, 1.807) is 48.5 Å². The van der Waals surface area contributed by atoms with Crippen molar-refractivity contribution in [1.29, 1.82) is 0 Å². The average Bonchev–Trinajstić information content (AvgIpc) is 2.49. The number of carboxylic acid groups (broad SMARTS) is 2. The van der Waals surface area contributed by atoms with Crippen LogP contribution in [0.5, 0.6) is 0 Å². The van der Waals surface area contributed by atoms with E-state index in [0.717, 1.165) is 22.5 Å². The van der Waals surface area contributed by atoms with Gasteiger partial charge in [-0.05, 0) is 133 Å². The number of hydrogen-bond donors (Lipinski definition) is 6. The number of aliphatic hydroxyl groups is 4. The van der Waals surface area contributed by atoms with Gasteiger partial charge >= 0.3 is 67.3 Å². The van der Waals surface area contributed by atoms with Crippen molar-refractivity contribution in [1.82, 2.24) is 9.13 Å². The van der Waals surface area contributed by atoms with Gasteiger partial charge in [0.2, 0.25) is 0 Å². The molecule has 2 aromatic heterocycles. The molecular formula is C66H69CaF2N4NaO10. The molecule has 4 atom stereocenters. The second kappa shape index (κ2) is 32.8. The summed E-state index contributed by atoms with van der Waals surface area (Å²) in [7, 11) is 0. The zero-order chi connectivity index (χ0) is 59.0. The van der Waals surface area contributed by atoms with Crippen LogP contribution in [0.2, 0.25) is 0 Å². The average molecular weight is 1180 g/mol. The number of halogens is 2. The van der Waals surface area contributed by atoms with E-state index in [0.29, 0.717) is 56.1 Å². The number of nitrogens with zero attached hydrogens (tertiary/aromatic N) is 2. The molecule has 0 saturated heterocycles. The minimum atomic E-state index is -1.39. The Morgan fingerprint density at radius 1 is 0.452 bits per heavy atom. The number of rotatable bonds is 24. The molecule has 84 heavy (non-hydrogen) atoms. The predicted molar refractivity (Wildman–Crippen MR) is 322 cm³/mol. The Kier molecular flexibility index (Phi) is 26.8. The molecule has 0 unspecified atom stereocenters. The predicted octanol–water partition coefficient (Wildman–Crippen LogP) is 8.93. The second-order valence-electron chi connectivity index (χ2n) is 20.8. The van der Waals surface area contributed by atoms with Gasteiger partial charge in [-0.1, -0.05) is 125 Å². The number of benzene rings is 6. The third-order valence-corrected chi connectivity index (χ3v) is 13.8. The van der Waals surface area contributed by atoms with E-state index >= 15 is 0 Å². The van der Waals surface area contributed by atoms with Gasteiger partial charge in [0.25, 0.3) is 11.8 Å². The van der Waals surface area contributed by atoms with Crippen molar-refractivity contribution in [3.8, 4) is 44.8 Å². The molecule has 6 N–H and O–H groups in total. The summed E-state index contributed by atoms with van der Waals surface area (Å²) in [6, 6.07) is 49.4. The number of aliphatic carboxylic acids is 2. The Bertz CT molecular complexity index is 3180. The molecule has 0 spiro atoms. The number of nitrogens with one attached hydrogen (secondary N) is 2. The standard InChI is InChI=1S/2C33H35FN2O5.Ca.Na.H/c2*1-21(2)31-30(33(41)35-25-11-7-4-8-12-25)29(22-9-5-3-6-10-22)32(23-13-15-24(34)16-14-23)36(31)18-17-26(37)19-27(38)20-28(39)40;;;/h2*3-16,21,26-27,37-38H,17-20H2,1-2H3,(H,35,41)(H,39,40);;;/q;;+2;;/p-2/t2*26-,27-;;;/m11.../s1. The van der Waals surface area contributed by atoms with Crippen molar-refractivity contribution >= 4 is 102 Å². The van der Waals surface area contributed by atoms with Crippen molar-refractivity contribution in [3.63, 3.8) is 0 Å². The van der Waals surface area contributed by atoms with Crippen LogP contribution in [-0.4, -0.2) is 145 Å². The number of hydrogen-bond acceptors (Lipinski definition) is 10. The maximum atomic E-state index is 14.0. The summed E-state index contributed by atoms with van der Waals surface area (Å²) in [5.74, 6) is -4.41. The van der Waals surface area contributed by atoms with Crippen LogP contribution in [0.3, 0.4) is 0 Å². The first-order valence-corrected chi connectivity index (χ1v) is 27.3. The molecule has 2 amide bonds. The van der Waals surface area contributed by atoms with E-state index in [-0.39, 0.29) is 130 Å². The first kappa shape index (κ1) is 68.5. The minimum absolute atomic E-state index is 0. The van der Waals surface area contributed by atoms with Gasteiger partial charge < -0.3 is 60.0 Å². The van der Waals surface area contributed by atoms with Crippen molar-refractivity contribution < 1.29 is 58.6 Å². The van der Waals surface area contributed by atoms with Crippen molar-refractivity contribution in [2.24, 2.45) is 0 Å². The number of carbonyl (C=O) groups is 4. The monoisotopic (exact) mass is 1180 g/mol. The fourth-order valence-electron chi connectivity index (χ4n) is 10.4. The van der Waals surface area contributed by atoms with E-state index in [1.165, 1.54) is 24.3 Å². The van der Waals surface area contributed by atoms with Crippen LogP contribution >= 0.6 is 0 Å². The van der Waals surface area contributed by atoms with Crippen molar-refractivity contribution in [2.75, 3.05) is 10.6 Å². The first-order chi connectivity index (χ1) is 39.3. The summed E-state index contributed by atoms with van der Waals surface area (Å²) < 4.78 is 32.0. The second-order valence-corrected chi connectivity index (χ2v) is 20.8. The van der Waals surface area contributed by atoms with Gasteiger partial charge in [0.05, 0.1) is 46.9 Å². The van der Waals surface area contributed by atoms with E-state index in [2.05, 4.69) is 10.6 Å². The SMILES string of the molecule is CC(C)c1c(C(=O)Nc2ccccc2)c(-c2ccccc2)c(-c2ccc(F)cc2)n1CC[C@@H](O)C[C@@H](O)CC(=O)[O-].CC(C)c1c(C(=O)Nc2ccccc2)c(-c2ccccc2)c(-c2ccc(F)cc2)n1CC[C@@H](O)C[C@@H](O)CC(=O)[O-].[Ca+2].[NaH]. The number of amides is 2. The molecule has 8 aromatic rings. The van der Waals surface area contributed by atoms with Crippen LogP contribution in [0.15, 0.2) is 170 Å². The van der Waals surface area contributed by atoms with E-state index in [9.17, 15) is 58.6 Å². The maximum absolute atomic E-state index is 14.0. The Morgan fingerprint density at radius 2 is 0.750 bits per heavy atom. The fraction of sp³-hybridized carbons (Fsp3) is 0.273. The molecule has 0 saturated carbocycles. The molecule has 6 aromatic carbocycles. The normalized spacial score (nSPS) is 12.4. The number of carbonyl (C=O) groups excluding carboxylic acids is 4. The summed E-state index contributed by atoms with van der Waals surface area (Å²) in [6.45, 7) is 8.45. The number of para-hydroxylation sites is 2. The zero-order valence-electron chi connectivity index (χ0n) is 46.9. The third kappa shape index (κ3) is 18.4. The van der Waals surface area contributed by atoms with Crippen LogP contribution in [-0.2, 0) is 22.7 Å². The molecule has 430 valence electrons. The molecule has 2 heterocycles. The summed E-state index contributed by atoms with van der Waals surface area (Å²) in [5, 5.41) is 69.2. The van der Waals surface area contributed by atoms with Gasteiger partial charge in [-0.25, -0.2) is 8.78 Å². The first-order valence-electron chi connectivity index (χ1n) is 27.3. The van der Waals surface area contributed by atoms with Crippen molar-refractivity contribution in [2.45, 2.75) is 116 Å². The Morgan fingerprint density at radius 3 is 1.04 bits per heavy atom. The molecule has 0 radical (unpaired) electrons. The van der Waals surface area contributed by atoms with Gasteiger partial charge in [0.15, 0.2) is 0 Å². The van der Waals surface area contributed by atoms with Gasteiger partial charge in [0, 0.05) is 71.8 Å². The van der Waals surface area contributed by atoms with E-state index in [1.807, 2.05) is 134 Å². The topological polar surface area (TPSA) is 229 Å². The van der Waals surface area contributed by atoms with Crippen LogP contribution in [0, 0.1) is 11.6 Å². The van der Waals surface area contributed by atoms with E-state index in [4.69, 9.17) is 0 Å². The Balaban J connectivity index is 0.000000300. The van der Waals surface area contributed by atoms with Gasteiger partial charge in [0.1, 0.15) is 11.6 Å². The molecule has 14 nitrogen and oxygen atoms in total. The number of aliphatic hydroxyl groups excluding tert-OH is 4. The Hall–Kier alpha value is -6.28. The Labute approximate surface area is 540 Å². The van der Waals surface area contributed by atoms with E-state index < -0.39 is 60.8 Å². The molecule has 0 bridgehead atoms. The van der Waals surface area contributed by atoms with Crippen LogP contribution in [0.1, 0.15) is 110 Å². The van der Waals surface area contributed by atoms with Crippen LogP contribution in [0.4, 0.5) is 20.2 Å². The van der Waals surface area contributed by atoms with Crippen LogP contribution < -0.4 is 20.8 Å². The third-order valence-electron chi connectivity index (χ3n) is 13.8. The molecule has 0 aliphatic heterocycles. The summed E-state index contributed by atoms with van der Waals surface area (Å²) >= 11 is 0. The van der Waals surface area contributed by atoms with Crippen molar-refractivity contribution in [3.05, 3.63) is 204 Å². The molecule has 0 fully saturated rings. The summed E-state index contributed by atoms with van der Waals surface area (Å²) in [5.41, 5.74) is 9.43. The summed E-state index contributed by atoms with van der Waals surface area (Å²) in [6.07, 6.45) is -5.54. The fourth-order valence-corrected chi connectivity index (χ4v) is 10.4. The van der Waals surface area contributed by atoms with Gasteiger partial charge in [-0.15, -0.1) is 0 Å². The van der Waals surface area contributed by atoms with Gasteiger partial charge in [-0.2, -0.15) is 0 Å². The molecule has 8 rings (SSSR count). The summed E-state index contributed by atoms with van der Waals surface area (Å²) in [4.78, 5) is 49.8. The van der Waals surface area contributed by atoms with Gasteiger partial charge in [-0.3, -0.25) is 9.59 Å². The van der Waals surface area contributed by atoms with Crippen LogP contribution in [0.25, 0.3) is 44.8 Å². The number of aromatic nitrogens is 2. The molecule has 0 aliphatic carbocycles. The number of carboxylic acids is 2.